The molecule has 1 aliphatic heterocycles. The van der Waals surface area contributed by atoms with Crippen molar-refractivity contribution in [3.63, 3.8) is 0 Å². The topological polar surface area (TPSA) is 125 Å². The van der Waals surface area contributed by atoms with Crippen LogP contribution in [0.25, 0.3) is 11.4 Å². The first-order chi connectivity index (χ1) is 16.0. The maximum atomic E-state index is 12.1. The van der Waals surface area contributed by atoms with Crippen LogP contribution in [0.4, 0.5) is 11.6 Å². The van der Waals surface area contributed by atoms with Gasteiger partial charge in [0.25, 0.3) is 5.91 Å². The Kier molecular flexibility index (Phi) is 6.76. The fraction of sp³-hybridized carbons (Fsp3) is 0.292. The molecule has 1 aliphatic rings. The maximum Gasteiger partial charge on any atom is 0.251 e. The van der Waals surface area contributed by atoms with Gasteiger partial charge < -0.3 is 20.7 Å². The van der Waals surface area contributed by atoms with Crippen LogP contribution in [0.3, 0.4) is 0 Å². The Morgan fingerprint density at radius 1 is 1.21 bits per heavy atom. The molecule has 1 unspecified atom stereocenters. The highest BCUT2D eigenvalue weighted by Crippen LogP contribution is 2.26. The maximum absolute atomic E-state index is 12.1. The van der Waals surface area contributed by atoms with Gasteiger partial charge >= 0.3 is 0 Å². The van der Waals surface area contributed by atoms with Gasteiger partial charge in [-0.15, -0.1) is 0 Å². The van der Waals surface area contributed by atoms with Gasteiger partial charge in [0.05, 0.1) is 5.56 Å². The molecule has 1 atom stereocenters. The largest absolute Gasteiger partial charge is 0.488 e. The minimum Gasteiger partial charge on any atom is -0.488 e. The van der Waals surface area contributed by atoms with Crippen LogP contribution >= 0.6 is 0 Å². The summed E-state index contributed by atoms with van der Waals surface area (Å²) in [4.78, 5) is 25.0. The second-order valence-corrected chi connectivity index (χ2v) is 8.02. The summed E-state index contributed by atoms with van der Waals surface area (Å²) in [5, 5.41) is 18.8. The second-order valence-electron chi connectivity index (χ2n) is 8.02. The minimum absolute atomic E-state index is 0.0683. The molecular formula is C24H25N7O2. The summed E-state index contributed by atoms with van der Waals surface area (Å²) in [6, 6.07) is 14.7. The third-order valence-electron chi connectivity index (χ3n) is 5.06. The van der Waals surface area contributed by atoms with Crippen LogP contribution in [0, 0.1) is 11.3 Å². The first-order valence-electron chi connectivity index (χ1n) is 10.8. The zero-order valence-electron chi connectivity index (χ0n) is 18.5. The molecule has 0 bridgehead atoms. The Morgan fingerprint density at radius 2 is 2.03 bits per heavy atom. The monoisotopic (exact) mass is 443 g/mol. The smallest absolute Gasteiger partial charge is 0.251 e. The molecule has 1 aromatic heterocycles. The summed E-state index contributed by atoms with van der Waals surface area (Å²) in [5.41, 5.74) is 2.43. The van der Waals surface area contributed by atoms with E-state index in [2.05, 4.69) is 37.0 Å². The molecule has 33 heavy (non-hydrogen) atoms. The van der Waals surface area contributed by atoms with Crippen molar-refractivity contribution in [1.29, 1.82) is 5.26 Å². The number of aromatic nitrogens is 3. The van der Waals surface area contributed by atoms with Gasteiger partial charge in [0.2, 0.25) is 5.95 Å². The number of benzene rings is 2. The van der Waals surface area contributed by atoms with Crippen molar-refractivity contribution in [2.75, 3.05) is 18.4 Å². The van der Waals surface area contributed by atoms with E-state index in [0.29, 0.717) is 34.2 Å². The lowest BCUT2D eigenvalue weighted by molar-refractivity contribution is 0.0943. The van der Waals surface area contributed by atoms with E-state index < -0.39 is 0 Å². The van der Waals surface area contributed by atoms with Crippen LogP contribution in [0.5, 0.6) is 5.75 Å². The van der Waals surface area contributed by atoms with Gasteiger partial charge in [-0.1, -0.05) is 0 Å². The number of carbonyl (C=O) groups excluding carboxylic acids is 1. The summed E-state index contributed by atoms with van der Waals surface area (Å²) in [7, 11) is 0. The van der Waals surface area contributed by atoms with Crippen molar-refractivity contribution >= 4 is 17.5 Å². The Hall–Kier alpha value is -4.03. The average Bonchev–Trinajstić information content (AvgIpc) is 3.33. The normalized spacial score (nSPS) is 15.2. The quantitative estimate of drug-likeness (QED) is 0.509. The fourth-order valence-corrected chi connectivity index (χ4v) is 3.44. The Morgan fingerprint density at radius 3 is 2.73 bits per heavy atom. The van der Waals surface area contributed by atoms with Gasteiger partial charge in [-0.3, -0.25) is 4.79 Å². The molecule has 2 aromatic carbocycles. The predicted octanol–water partition coefficient (Wildman–Crippen LogP) is 3.03. The molecule has 0 spiro atoms. The van der Waals surface area contributed by atoms with Crippen molar-refractivity contribution in [3.05, 3.63) is 59.9 Å². The zero-order chi connectivity index (χ0) is 23.2. The molecule has 0 saturated carbocycles. The SMILES string of the molecule is CC(C)NC(=O)c1ccc(Nc2ncnc(-c3ccc(OC4CCNC4)c(C#N)c3)n2)cc1. The van der Waals surface area contributed by atoms with Crippen LogP contribution < -0.4 is 20.7 Å². The Balaban J connectivity index is 1.48. The van der Waals surface area contributed by atoms with Crippen LogP contribution in [0.1, 0.15) is 36.2 Å². The summed E-state index contributed by atoms with van der Waals surface area (Å²) >= 11 is 0. The van der Waals surface area contributed by atoms with E-state index >= 15 is 0 Å². The Labute approximate surface area is 192 Å². The number of carbonyl (C=O) groups is 1. The van der Waals surface area contributed by atoms with E-state index in [-0.39, 0.29) is 18.1 Å². The van der Waals surface area contributed by atoms with Gasteiger partial charge in [-0.2, -0.15) is 10.2 Å². The molecule has 9 nitrogen and oxygen atoms in total. The van der Waals surface area contributed by atoms with E-state index in [1.807, 2.05) is 19.9 Å². The lowest BCUT2D eigenvalue weighted by Crippen LogP contribution is -2.29. The third-order valence-corrected chi connectivity index (χ3v) is 5.06. The van der Waals surface area contributed by atoms with E-state index in [0.717, 1.165) is 25.2 Å². The number of ether oxygens (including phenoxy) is 1. The van der Waals surface area contributed by atoms with Crippen molar-refractivity contribution in [2.45, 2.75) is 32.4 Å². The number of amides is 1. The number of anilines is 2. The highest BCUT2D eigenvalue weighted by molar-refractivity contribution is 5.94. The van der Waals surface area contributed by atoms with E-state index in [1.54, 1.807) is 36.4 Å². The van der Waals surface area contributed by atoms with Crippen molar-refractivity contribution < 1.29 is 9.53 Å². The van der Waals surface area contributed by atoms with Crippen LogP contribution in [0.2, 0.25) is 0 Å². The van der Waals surface area contributed by atoms with Crippen molar-refractivity contribution in [3.8, 4) is 23.2 Å². The molecule has 1 saturated heterocycles. The standard InChI is InChI=1S/C24H25N7O2/c1-15(2)29-23(32)16-3-6-19(7-4-16)30-24-28-14-27-22(31-24)17-5-8-21(18(11-17)12-25)33-20-9-10-26-13-20/h3-8,11,14-15,20,26H,9-10,13H2,1-2H3,(H,29,32)(H,27,28,30,31). The van der Waals surface area contributed by atoms with Crippen molar-refractivity contribution in [1.82, 2.24) is 25.6 Å². The molecule has 4 rings (SSSR count). The number of nitriles is 1. The second kappa shape index (κ2) is 10.1. The third kappa shape index (κ3) is 5.61. The van der Waals surface area contributed by atoms with Gasteiger partial charge in [-0.05, 0) is 69.3 Å². The van der Waals surface area contributed by atoms with E-state index in [9.17, 15) is 10.1 Å². The van der Waals surface area contributed by atoms with E-state index in [4.69, 9.17) is 4.74 Å². The summed E-state index contributed by atoms with van der Waals surface area (Å²) < 4.78 is 5.96. The molecule has 3 aromatic rings. The number of nitrogens with one attached hydrogen (secondary N) is 3. The fourth-order valence-electron chi connectivity index (χ4n) is 3.44. The molecule has 0 aliphatic carbocycles. The lowest BCUT2D eigenvalue weighted by Gasteiger charge is -2.14. The molecule has 9 heteroatoms. The number of rotatable bonds is 7. The van der Waals surface area contributed by atoms with E-state index in [1.165, 1.54) is 6.33 Å². The summed E-state index contributed by atoms with van der Waals surface area (Å²) in [6.45, 7) is 5.52. The predicted molar refractivity (Wildman–Crippen MR) is 124 cm³/mol. The van der Waals surface area contributed by atoms with Crippen LogP contribution in [0.15, 0.2) is 48.8 Å². The molecule has 0 radical (unpaired) electrons. The minimum atomic E-state index is -0.121. The molecule has 2 heterocycles. The first-order valence-corrected chi connectivity index (χ1v) is 10.8. The first kappa shape index (κ1) is 22.2. The Bertz CT molecular complexity index is 1170. The molecule has 1 amide bonds. The number of nitrogens with zero attached hydrogens (tertiary/aromatic N) is 4. The number of hydrogen-bond acceptors (Lipinski definition) is 8. The van der Waals surface area contributed by atoms with Crippen LogP contribution in [-0.2, 0) is 0 Å². The highest BCUT2D eigenvalue weighted by atomic mass is 16.5. The van der Waals surface area contributed by atoms with Gasteiger partial charge in [0.15, 0.2) is 5.82 Å². The lowest BCUT2D eigenvalue weighted by atomic mass is 10.1. The molecule has 3 N–H and O–H groups in total. The molecule has 1 fully saturated rings. The van der Waals surface area contributed by atoms with Gasteiger partial charge in [0, 0.05) is 29.4 Å². The van der Waals surface area contributed by atoms with Crippen LogP contribution in [-0.4, -0.2) is 46.1 Å². The van der Waals surface area contributed by atoms with Gasteiger partial charge in [-0.25, -0.2) is 9.97 Å². The molecular weight excluding hydrogens is 418 g/mol. The highest BCUT2D eigenvalue weighted by Gasteiger charge is 2.18. The summed E-state index contributed by atoms with van der Waals surface area (Å²) in [5.74, 6) is 1.23. The summed E-state index contributed by atoms with van der Waals surface area (Å²) in [6.07, 6.45) is 2.40. The average molecular weight is 444 g/mol. The number of hydrogen-bond donors (Lipinski definition) is 3. The van der Waals surface area contributed by atoms with Gasteiger partial charge in [0.1, 0.15) is 24.3 Å². The molecule has 168 valence electrons. The van der Waals surface area contributed by atoms with Crippen molar-refractivity contribution in [2.24, 2.45) is 0 Å². The zero-order valence-corrected chi connectivity index (χ0v) is 18.5.